The van der Waals surface area contributed by atoms with Crippen LogP contribution in [-0.2, 0) is 17.8 Å². The summed E-state index contributed by atoms with van der Waals surface area (Å²) in [7, 11) is 0. The topological polar surface area (TPSA) is 97.4 Å². The van der Waals surface area contributed by atoms with Crippen LogP contribution in [0.25, 0.3) is 0 Å². The molecule has 2 heterocycles. The van der Waals surface area contributed by atoms with Crippen LogP contribution in [0.4, 0.5) is 11.4 Å². The SMILES string of the molecule is NCc1ccc(C(=O)Nc2ccc3c(c2)CCC(=O)N3)o1. The molecule has 0 spiro atoms. The van der Waals surface area contributed by atoms with Gasteiger partial charge in [0.1, 0.15) is 5.76 Å². The fourth-order valence-corrected chi connectivity index (χ4v) is 2.26. The summed E-state index contributed by atoms with van der Waals surface area (Å²) in [6, 6.07) is 8.66. The molecule has 6 heteroatoms. The predicted octanol–water partition coefficient (Wildman–Crippen LogP) is 1.88. The highest BCUT2D eigenvalue weighted by Gasteiger charge is 2.16. The zero-order valence-electron chi connectivity index (χ0n) is 11.3. The number of hydrogen-bond acceptors (Lipinski definition) is 4. The Morgan fingerprint density at radius 1 is 1.29 bits per heavy atom. The monoisotopic (exact) mass is 285 g/mol. The third-order valence-corrected chi connectivity index (χ3v) is 3.35. The van der Waals surface area contributed by atoms with Crippen molar-refractivity contribution in [3.8, 4) is 0 Å². The number of carbonyl (C=O) groups excluding carboxylic acids is 2. The van der Waals surface area contributed by atoms with Crippen molar-refractivity contribution in [3.05, 3.63) is 47.4 Å². The van der Waals surface area contributed by atoms with E-state index in [1.807, 2.05) is 6.07 Å². The summed E-state index contributed by atoms with van der Waals surface area (Å²) in [4.78, 5) is 23.3. The minimum absolute atomic E-state index is 0.0178. The molecule has 2 amide bonds. The lowest BCUT2D eigenvalue weighted by molar-refractivity contribution is -0.116. The van der Waals surface area contributed by atoms with Crippen LogP contribution >= 0.6 is 0 Å². The first kappa shape index (κ1) is 13.4. The highest BCUT2D eigenvalue weighted by molar-refractivity contribution is 6.02. The Bertz CT molecular complexity index is 706. The highest BCUT2D eigenvalue weighted by Crippen LogP contribution is 2.26. The molecule has 4 N–H and O–H groups in total. The van der Waals surface area contributed by atoms with Gasteiger partial charge in [-0.05, 0) is 42.3 Å². The molecule has 0 saturated carbocycles. The van der Waals surface area contributed by atoms with Crippen LogP contribution in [0.3, 0.4) is 0 Å². The van der Waals surface area contributed by atoms with Crippen LogP contribution in [0.1, 0.15) is 28.3 Å². The summed E-state index contributed by atoms with van der Waals surface area (Å²) < 4.78 is 5.30. The van der Waals surface area contributed by atoms with Crippen molar-refractivity contribution in [2.45, 2.75) is 19.4 Å². The second-order valence-electron chi connectivity index (χ2n) is 4.84. The van der Waals surface area contributed by atoms with Crippen LogP contribution in [0.2, 0.25) is 0 Å². The minimum Gasteiger partial charge on any atom is -0.455 e. The first-order valence-corrected chi connectivity index (χ1v) is 6.68. The van der Waals surface area contributed by atoms with E-state index < -0.39 is 0 Å². The Kier molecular flexibility index (Phi) is 3.45. The molecule has 108 valence electrons. The van der Waals surface area contributed by atoms with E-state index in [-0.39, 0.29) is 24.1 Å². The number of furan rings is 1. The number of carbonyl (C=O) groups is 2. The fraction of sp³-hybridized carbons (Fsp3) is 0.200. The molecule has 1 aromatic heterocycles. The predicted molar refractivity (Wildman–Crippen MR) is 77.9 cm³/mol. The highest BCUT2D eigenvalue weighted by atomic mass is 16.4. The molecule has 0 bridgehead atoms. The van der Waals surface area contributed by atoms with Crippen LogP contribution < -0.4 is 16.4 Å². The average Bonchev–Trinajstić information content (AvgIpc) is 2.96. The van der Waals surface area contributed by atoms with E-state index in [2.05, 4.69) is 10.6 Å². The van der Waals surface area contributed by atoms with Gasteiger partial charge in [0.2, 0.25) is 5.91 Å². The van der Waals surface area contributed by atoms with E-state index in [0.717, 1.165) is 11.3 Å². The van der Waals surface area contributed by atoms with Crippen molar-refractivity contribution in [2.75, 3.05) is 10.6 Å². The zero-order valence-corrected chi connectivity index (χ0v) is 11.3. The molecule has 2 aromatic rings. The van der Waals surface area contributed by atoms with Crippen molar-refractivity contribution in [1.82, 2.24) is 0 Å². The van der Waals surface area contributed by atoms with Gasteiger partial charge in [-0.25, -0.2) is 0 Å². The average molecular weight is 285 g/mol. The molecule has 0 fully saturated rings. The maximum absolute atomic E-state index is 12.0. The number of nitrogens with two attached hydrogens (primary N) is 1. The van der Waals surface area contributed by atoms with E-state index in [1.54, 1.807) is 24.3 Å². The lowest BCUT2D eigenvalue weighted by atomic mass is 10.0. The van der Waals surface area contributed by atoms with Gasteiger partial charge in [0, 0.05) is 17.8 Å². The Morgan fingerprint density at radius 3 is 2.90 bits per heavy atom. The summed E-state index contributed by atoms with van der Waals surface area (Å²) in [6.45, 7) is 0.256. The fourth-order valence-electron chi connectivity index (χ4n) is 2.26. The molecule has 1 aromatic carbocycles. The first-order chi connectivity index (χ1) is 10.2. The maximum Gasteiger partial charge on any atom is 0.291 e. The Hall–Kier alpha value is -2.60. The Balaban J connectivity index is 1.76. The molecule has 0 saturated heterocycles. The van der Waals surface area contributed by atoms with Gasteiger partial charge in [-0.1, -0.05) is 0 Å². The smallest absolute Gasteiger partial charge is 0.291 e. The summed E-state index contributed by atoms with van der Waals surface area (Å²) in [5.41, 5.74) is 7.92. The van der Waals surface area contributed by atoms with Gasteiger partial charge >= 0.3 is 0 Å². The number of nitrogens with one attached hydrogen (secondary N) is 2. The van der Waals surface area contributed by atoms with E-state index in [0.29, 0.717) is 24.3 Å². The summed E-state index contributed by atoms with van der Waals surface area (Å²) >= 11 is 0. The van der Waals surface area contributed by atoms with Crippen LogP contribution in [0.5, 0.6) is 0 Å². The van der Waals surface area contributed by atoms with Crippen molar-refractivity contribution >= 4 is 23.2 Å². The number of fused-ring (bicyclic) bond motifs is 1. The minimum atomic E-state index is -0.325. The van der Waals surface area contributed by atoms with Gasteiger partial charge in [-0.2, -0.15) is 0 Å². The summed E-state index contributed by atoms with van der Waals surface area (Å²) in [5, 5.41) is 5.57. The van der Waals surface area contributed by atoms with E-state index in [4.69, 9.17) is 10.2 Å². The number of benzene rings is 1. The quantitative estimate of drug-likeness (QED) is 0.802. The lowest BCUT2D eigenvalue weighted by Crippen LogP contribution is -2.19. The molecule has 0 unspecified atom stereocenters. The Morgan fingerprint density at radius 2 is 2.14 bits per heavy atom. The molecule has 0 radical (unpaired) electrons. The number of amides is 2. The van der Waals surface area contributed by atoms with E-state index in [9.17, 15) is 9.59 Å². The van der Waals surface area contributed by atoms with Crippen molar-refractivity contribution in [3.63, 3.8) is 0 Å². The van der Waals surface area contributed by atoms with Gasteiger partial charge in [-0.3, -0.25) is 9.59 Å². The normalized spacial score (nSPS) is 13.5. The third-order valence-electron chi connectivity index (χ3n) is 3.35. The number of rotatable bonds is 3. The van der Waals surface area contributed by atoms with Crippen molar-refractivity contribution < 1.29 is 14.0 Å². The van der Waals surface area contributed by atoms with Crippen LogP contribution in [0, 0.1) is 0 Å². The van der Waals surface area contributed by atoms with Crippen LogP contribution in [0.15, 0.2) is 34.7 Å². The molecule has 3 rings (SSSR count). The summed E-state index contributed by atoms with van der Waals surface area (Å²) in [6.07, 6.45) is 1.13. The number of anilines is 2. The number of aryl methyl sites for hydroxylation is 1. The molecule has 6 nitrogen and oxygen atoms in total. The third kappa shape index (κ3) is 2.80. The maximum atomic E-state index is 12.0. The molecule has 21 heavy (non-hydrogen) atoms. The molecule has 1 aliphatic heterocycles. The second kappa shape index (κ2) is 5.41. The van der Waals surface area contributed by atoms with E-state index >= 15 is 0 Å². The molecular weight excluding hydrogens is 270 g/mol. The van der Waals surface area contributed by atoms with Crippen LogP contribution in [-0.4, -0.2) is 11.8 Å². The lowest BCUT2D eigenvalue weighted by Gasteiger charge is -2.17. The standard InChI is InChI=1S/C15H15N3O3/c16-8-11-3-5-13(21-11)15(20)17-10-2-4-12-9(7-10)1-6-14(19)18-12/h2-5,7H,1,6,8,16H2,(H,17,20)(H,18,19). The Labute approximate surface area is 121 Å². The van der Waals surface area contributed by atoms with Crippen molar-refractivity contribution in [2.24, 2.45) is 5.73 Å². The van der Waals surface area contributed by atoms with Gasteiger partial charge in [0.05, 0.1) is 6.54 Å². The molecule has 0 aliphatic carbocycles. The van der Waals surface area contributed by atoms with Gasteiger partial charge in [0.25, 0.3) is 5.91 Å². The first-order valence-electron chi connectivity index (χ1n) is 6.68. The number of hydrogen-bond donors (Lipinski definition) is 3. The van der Waals surface area contributed by atoms with Gasteiger partial charge < -0.3 is 20.8 Å². The van der Waals surface area contributed by atoms with E-state index in [1.165, 1.54) is 0 Å². The van der Waals surface area contributed by atoms with Gasteiger partial charge in [-0.15, -0.1) is 0 Å². The second-order valence-corrected chi connectivity index (χ2v) is 4.84. The molecular formula is C15H15N3O3. The molecule has 0 atom stereocenters. The molecule has 1 aliphatic rings. The zero-order chi connectivity index (χ0) is 14.8. The van der Waals surface area contributed by atoms with Gasteiger partial charge in [0.15, 0.2) is 5.76 Å². The largest absolute Gasteiger partial charge is 0.455 e. The summed E-state index contributed by atoms with van der Waals surface area (Å²) in [5.74, 6) is 0.480. The van der Waals surface area contributed by atoms with Crippen molar-refractivity contribution in [1.29, 1.82) is 0 Å².